The van der Waals surface area contributed by atoms with Crippen molar-refractivity contribution in [2.24, 2.45) is 11.5 Å². The molecule has 4 N–H and O–H groups in total. The van der Waals surface area contributed by atoms with Crippen LogP contribution < -0.4 is 16.2 Å². The van der Waals surface area contributed by atoms with Crippen LogP contribution in [0.4, 0.5) is 0 Å². The van der Waals surface area contributed by atoms with Crippen LogP contribution in [0.1, 0.15) is 16.7 Å². The minimum atomic E-state index is -0.764. The average Bonchev–Trinajstić information content (AvgIpc) is 2.15. The second-order valence-electron chi connectivity index (χ2n) is 4.05. The molecule has 0 aliphatic rings. The molecule has 0 fully saturated rings. The smallest absolute Gasteiger partial charge is 0.237 e. The predicted octanol–water partition coefficient (Wildman–Crippen LogP) is 0.803. The van der Waals surface area contributed by atoms with Gasteiger partial charge in [0.25, 0.3) is 0 Å². The van der Waals surface area contributed by atoms with Gasteiger partial charge in [-0.1, -0.05) is 17.7 Å². The number of hydrogen-bond donors (Lipinski definition) is 2. The third-order valence-electron chi connectivity index (χ3n) is 2.38. The van der Waals surface area contributed by atoms with Crippen molar-refractivity contribution in [2.75, 3.05) is 6.61 Å². The highest BCUT2D eigenvalue weighted by Gasteiger charge is 2.12. The summed E-state index contributed by atoms with van der Waals surface area (Å²) >= 11 is 0. The van der Waals surface area contributed by atoms with Gasteiger partial charge >= 0.3 is 0 Å². The number of amides is 1. The summed E-state index contributed by atoms with van der Waals surface area (Å²) < 4.78 is 5.52. The van der Waals surface area contributed by atoms with Gasteiger partial charge in [0.15, 0.2) is 0 Å². The van der Waals surface area contributed by atoms with E-state index in [4.69, 9.17) is 16.2 Å². The van der Waals surface area contributed by atoms with Gasteiger partial charge in [-0.3, -0.25) is 4.79 Å². The van der Waals surface area contributed by atoms with Crippen molar-refractivity contribution < 1.29 is 9.53 Å². The minimum absolute atomic E-state index is 0.111. The molecule has 0 spiro atoms. The van der Waals surface area contributed by atoms with Crippen molar-refractivity contribution in [1.29, 1.82) is 0 Å². The number of ether oxygens (including phenoxy) is 1. The van der Waals surface area contributed by atoms with Crippen LogP contribution in [0, 0.1) is 20.8 Å². The fourth-order valence-electron chi connectivity index (χ4n) is 1.65. The Kier molecular flexibility index (Phi) is 3.90. The summed E-state index contributed by atoms with van der Waals surface area (Å²) in [5, 5.41) is 0. The molecule has 1 amide bonds. The number of rotatable bonds is 4. The van der Waals surface area contributed by atoms with E-state index in [-0.39, 0.29) is 6.61 Å². The molecule has 1 rings (SSSR count). The zero-order valence-electron chi connectivity index (χ0n) is 9.91. The molecule has 4 heteroatoms. The molecule has 0 aliphatic carbocycles. The molecule has 0 heterocycles. The second kappa shape index (κ2) is 4.99. The van der Waals surface area contributed by atoms with Crippen LogP contribution in [0.3, 0.4) is 0 Å². The summed E-state index contributed by atoms with van der Waals surface area (Å²) in [4.78, 5) is 10.8. The lowest BCUT2D eigenvalue weighted by atomic mass is 10.1. The van der Waals surface area contributed by atoms with Gasteiger partial charge < -0.3 is 16.2 Å². The van der Waals surface area contributed by atoms with Gasteiger partial charge in [-0.05, 0) is 31.9 Å². The first-order valence-corrected chi connectivity index (χ1v) is 5.17. The van der Waals surface area contributed by atoms with Gasteiger partial charge in [-0.2, -0.15) is 0 Å². The molecule has 0 radical (unpaired) electrons. The Balaban J connectivity index is 2.78. The maximum atomic E-state index is 10.8. The van der Waals surface area contributed by atoms with E-state index in [1.807, 2.05) is 32.9 Å². The third-order valence-corrected chi connectivity index (χ3v) is 2.38. The number of hydrogen-bond acceptors (Lipinski definition) is 3. The quantitative estimate of drug-likeness (QED) is 0.791. The van der Waals surface area contributed by atoms with Crippen LogP contribution >= 0.6 is 0 Å². The maximum Gasteiger partial charge on any atom is 0.237 e. The van der Waals surface area contributed by atoms with Crippen molar-refractivity contribution in [3.8, 4) is 5.75 Å². The van der Waals surface area contributed by atoms with E-state index in [0.29, 0.717) is 0 Å². The number of aryl methyl sites for hydroxylation is 3. The zero-order valence-corrected chi connectivity index (χ0v) is 9.91. The summed E-state index contributed by atoms with van der Waals surface area (Å²) in [5.41, 5.74) is 13.8. The maximum absolute atomic E-state index is 10.8. The molecule has 1 aromatic carbocycles. The van der Waals surface area contributed by atoms with Crippen LogP contribution in [-0.2, 0) is 4.79 Å². The summed E-state index contributed by atoms with van der Waals surface area (Å²) in [6.07, 6.45) is 0. The molecule has 0 saturated heterocycles. The van der Waals surface area contributed by atoms with Crippen LogP contribution in [0.25, 0.3) is 0 Å². The first kappa shape index (κ1) is 12.5. The highest BCUT2D eigenvalue weighted by Crippen LogP contribution is 2.24. The van der Waals surface area contributed by atoms with E-state index in [2.05, 4.69) is 0 Å². The zero-order chi connectivity index (χ0) is 12.3. The average molecular weight is 222 g/mol. The molecule has 0 bridgehead atoms. The van der Waals surface area contributed by atoms with E-state index in [1.54, 1.807) is 0 Å². The predicted molar refractivity (Wildman–Crippen MR) is 63.3 cm³/mol. The van der Waals surface area contributed by atoms with Gasteiger partial charge in [0, 0.05) is 0 Å². The molecule has 1 aromatic rings. The highest BCUT2D eigenvalue weighted by molar-refractivity contribution is 5.79. The summed E-state index contributed by atoms with van der Waals surface area (Å²) in [6.45, 7) is 6.06. The van der Waals surface area contributed by atoms with E-state index >= 15 is 0 Å². The van der Waals surface area contributed by atoms with E-state index < -0.39 is 11.9 Å². The van der Waals surface area contributed by atoms with Crippen molar-refractivity contribution >= 4 is 5.91 Å². The lowest BCUT2D eigenvalue weighted by molar-refractivity contribution is -0.119. The number of nitrogens with two attached hydrogens (primary N) is 2. The number of primary amides is 1. The SMILES string of the molecule is Cc1cc(C)c(OCC(N)C(N)=O)c(C)c1. The molecule has 1 unspecified atom stereocenters. The monoisotopic (exact) mass is 222 g/mol. The Hall–Kier alpha value is -1.55. The van der Waals surface area contributed by atoms with E-state index in [0.717, 1.165) is 16.9 Å². The Bertz CT molecular complexity index is 379. The Morgan fingerprint density at radius 3 is 2.25 bits per heavy atom. The lowest BCUT2D eigenvalue weighted by Crippen LogP contribution is -2.41. The number of carbonyl (C=O) groups excluding carboxylic acids is 1. The van der Waals surface area contributed by atoms with Crippen LogP contribution in [0.5, 0.6) is 5.75 Å². The van der Waals surface area contributed by atoms with Crippen molar-refractivity contribution in [1.82, 2.24) is 0 Å². The van der Waals surface area contributed by atoms with Crippen LogP contribution in [0.2, 0.25) is 0 Å². The Morgan fingerprint density at radius 2 is 1.81 bits per heavy atom. The standard InChI is InChI=1S/C12H18N2O2/c1-7-4-8(2)11(9(3)5-7)16-6-10(13)12(14)15/h4-5,10H,6,13H2,1-3H3,(H2,14,15). The first-order chi connectivity index (χ1) is 7.41. The summed E-state index contributed by atoms with van der Waals surface area (Å²) in [6, 6.07) is 3.29. The highest BCUT2D eigenvalue weighted by atomic mass is 16.5. The van der Waals surface area contributed by atoms with Crippen molar-refractivity contribution in [3.05, 3.63) is 28.8 Å². The molecule has 88 valence electrons. The van der Waals surface area contributed by atoms with Crippen LogP contribution in [-0.4, -0.2) is 18.6 Å². The van der Waals surface area contributed by atoms with Gasteiger partial charge in [0.05, 0.1) is 0 Å². The van der Waals surface area contributed by atoms with Crippen molar-refractivity contribution in [2.45, 2.75) is 26.8 Å². The molecule has 0 aromatic heterocycles. The molecule has 0 saturated carbocycles. The first-order valence-electron chi connectivity index (χ1n) is 5.17. The molecule has 0 aliphatic heterocycles. The second-order valence-corrected chi connectivity index (χ2v) is 4.05. The van der Waals surface area contributed by atoms with Crippen molar-refractivity contribution in [3.63, 3.8) is 0 Å². The van der Waals surface area contributed by atoms with Crippen LogP contribution in [0.15, 0.2) is 12.1 Å². The summed E-state index contributed by atoms with van der Waals surface area (Å²) in [7, 11) is 0. The topological polar surface area (TPSA) is 78.3 Å². The van der Waals surface area contributed by atoms with E-state index in [9.17, 15) is 4.79 Å². The molecular formula is C12H18N2O2. The molecule has 16 heavy (non-hydrogen) atoms. The van der Waals surface area contributed by atoms with Gasteiger partial charge in [0.2, 0.25) is 5.91 Å². The minimum Gasteiger partial charge on any atom is -0.491 e. The largest absolute Gasteiger partial charge is 0.491 e. The molecule has 4 nitrogen and oxygen atoms in total. The lowest BCUT2D eigenvalue weighted by Gasteiger charge is -2.15. The van der Waals surface area contributed by atoms with Gasteiger partial charge in [0.1, 0.15) is 18.4 Å². The van der Waals surface area contributed by atoms with Gasteiger partial charge in [-0.15, -0.1) is 0 Å². The fourth-order valence-corrected chi connectivity index (χ4v) is 1.65. The van der Waals surface area contributed by atoms with E-state index in [1.165, 1.54) is 5.56 Å². The number of benzene rings is 1. The fraction of sp³-hybridized carbons (Fsp3) is 0.417. The molecule has 1 atom stereocenters. The normalized spacial score (nSPS) is 12.2. The van der Waals surface area contributed by atoms with Gasteiger partial charge in [-0.25, -0.2) is 0 Å². The Labute approximate surface area is 95.6 Å². The Morgan fingerprint density at radius 1 is 1.31 bits per heavy atom. The third kappa shape index (κ3) is 2.97. The molecular weight excluding hydrogens is 204 g/mol. The summed E-state index contributed by atoms with van der Waals surface area (Å²) in [5.74, 6) is 0.227. The number of carbonyl (C=O) groups is 1.